The summed E-state index contributed by atoms with van der Waals surface area (Å²) in [5, 5.41) is 2.67. The average molecular weight is 662 g/mol. The van der Waals surface area contributed by atoms with Crippen LogP contribution in [0.4, 0.5) is 17.1 Å². The number of rotatable bonds is 7. The van der Waals surface area contributed by atoms with Crippen LogP contribution in [0.5, 0.6) is 0 Å². The first kappa shape index (κ1) is 30.6. The molecule has 0 spiro atoms. The lowest BCUT2D eigenvalue weighted by atomic mass is 9.83. The molecule has 2 heteroatoms. The fourth-order valence-corrected chi connectivity index (χ4v) is 9.23. The largest absolute Gasteiger partial charge is 0.310 e. The maximum Gasteiger partial charge on any atom is 0.0496 e. The monoisotopic (exact) mass is 661 g/mol. The maximum absolute atomic E-state index is 2.51. The van der Waals surface area contributed by atoms with Crippen molar-refractivity contribution in [3.05, 3.63) is 175 Å². The van der Waals surface area contributed by atoms with E-state index in [1.807, 2.05) is 11.3 Å². The van der Waals surface area contributed by atoms with Gasteiger partial charge in [0.2, 0.25) is 0 Å². The molecule has 0 atom stereocenters. The Bertz CT molecular complexity index is 2340. The van der Waals surface area contributed by atoms with Crippen LogP contribution in [0.3, 0.4) is 0 Å². The molecule has 0 aliphatic heterocycles. The molecule has 242 valence electrons. The minimum Gasteiger partial charge on any atom is -0.310 e. The van der Waals surface area contributed by atoms with Gasteiger partial charge in [0.25, 0.3) is 0 Å². The molecule has 1 aliphatic carbocycles. The molecule has 1 fully saturated rings. The first-order valence-corrected chi connectivity index (χ1v) is 18.8. The fourth-order valence-electron chi connectivity index (χ4n) is 8.09. The third kappa shape index (κ3) is 5.70. The van der Waals surface area contributed by atoms with Crippen LogP contribution in [0.2, 0.25) is 0 Å². The summed E-state index contributed by atoms with van der Waals surface area (Å²) >= 11 is 1.89. The van der Waals surface area contributed by atoms with Crippen LogP contribution in [-0.2, 0) is 0 Å². The summed E-state index contributed by atoms with van der Waals surface area (Å²) in [5.74, 6) is 0.584. The third-order valence-electron chi connectivity index (χ3n) is 10.5. The van der Waals surface area contributed by atoms with Gasteiger partial charge in [0.15, 0.2) is 0 Å². The van der Waals surface area contributed by atoms with Crippen LogP contribution in [0, 0.1) is 0 Å². The molecule has 0 N–H and O–H groups in total. The van der Waals surface area contributed by atoms with Crippen LogP contribution >= 0.6 is 11.3 Å². The molecule has 0 amide bonds. The van der Waals surface area contributed by atoms with Gasteiger partial charge < -0.3 is 4.90 Å². The number of thiophene rings is 1. The van der Waals surface area contributed by atoms with Crippen molar-refractivity contribution in [3.63, 3.8) is 0 Å². The summed E-state index contributed by atoms with van der Waals surface area (Å²) < 4.78 is 2.66. The molecule has 1 aromatic heterocycles. The molecular formula is C48H39NS. The van der Waals surface area contributed by atoms with Gasteiger partial charge in [0, 0.05) is 37.2 Å². The maximum atomic E-state index is 2.51. The van der Waals surface area contributed by atoms with Gasteiger partial charge in [-0.05, 0) is 94.1 Å². The van der Waals surface area contributed by atoms with Crippen molar-refractivity contribution in [2.24, 2.45) is 0 Å². The minimum atomic E-state index is 0.584. The predicted molar refractivity (Wildman–Crippen MR) is 216 cm³/mol. The summed E-state index contributed by atoms with van der Waals surface area (Å²) in [6.07, 6.45) is 6.50. The van der Waals surface area contributed by atoms with Crippen LogP contribution in [0.25, 0.3) is 53.6 Å². The van der Waals surface area contributed by atoms with E-state index in [-0.39, 0.29) is 0 Å². The molecule has 0 saturated heterocycles. The summed E-state index contributed by atoms with van der Waals surface area (Å²) in [6.45, 7) is 0. The average Bonchev–Trinajstić information content (AvgIpc) is 3.57. The number of anilines is 3. The van der Waals surface area contributed by atoms with Gasteiger partial charge >= 0.3 is 0 Å². The van der Waals surface area contributed by atoms with E-state index in [0.29, 0.717) is 5.92 Å². The lowest BCUT2D eigenvalue weighted by Crippen LogP contribution is -2.15. The molecule has 7 aromatic carbocycles. The Morgan fingerprint density at radius 3 is 1.76 bits per heavy atom. The van der Waals surface area contributed by atoms with Gasteiger partial charge in [-0.25, -0.2) is 0 Å². The van der Waals surface area contributed by atoms with E-state index in [1.165, 1.54) is 108 Å². The second-order valence-electron chi connectivity index (χ2n) is 13.5. The fraction of sp³-hybridized carbons (Fsp3) is 0.125. The van der Waals surface area contributed by atoms with Crippen LogP contribution in [0.1, 0.15) is 43.6 Å². The van der Waals surface area contributed by atoms with Crippen LogP contribution in [-0.4, -0.2) is 0 Å². The molecule has 0 bridgehead atoms. The highest BCUT2D eigenvalue weighted by Crippen LogP contribution is 2.46. The Hall–Kier alpha value is -5.44. The number of hydrogen-bond donors (Lipinski definition) is 0. The quantitative estimate of drug-likeness (QED) is 0.164. The van der Waals surface area contributed by atoms with E-state index in [4.69, 9.17) is 0 Å². The summed E-state index contributed by atoms with van der Waals surface area (Å²) in [6, 6.07) is 62.6. The lowest BCUT2D eigenvalue weighted by Gasteiger charge is -2.31. The Balaban J connectivity index is 1.21. The zero-order chi connectivity index (χ0) is 33.3. The van der Waals surface area contributed by atoms with E-state index in [1.54, 1.807) is 0 Å². The standard InChI is InChI=1S/C48H39NS/c1-4-15-34(16-5-1)40-21-10-12-25-45(40)49(39-31-32-44-43-22-11-13-26-46(43)50-47(44)33-39)38-29-27-37(28-30-38)48-41(35-17-6-2-7-18-35)23-14-24-42(48)36-19-8-3-9-20-36/h2-3,6-14,17-34H,1,4-5,15-16H2. The van der Waals surface area contributed by atoms with Gasteiger partial charge in [-0.3, -0.25) is 0 Å². The molecule has 0 radical (unpaired) electrons. The molecule has 1 heterocycles. The number of benzene rings is 7. The Kier molecular flexibility index (Phi) is 8.24. The Labute approximate surface area is 299 Å². The second kappa shape index (κ2) is 13.5. The van der Waals surface area contributed by atoms with E-state index in [9.17, 15) is 0 Å². The van der Waals surface area contributed by atoms with Crippen molar-refractivity contribution in [1.29, 1.82) is 0 Å². The van der Waals surface area contributed by atoms with Crippen molar-refractivity contribution in [2.45, 2.75) is 38.0 Å². The van der Waals surface area contributed by atoms with E-state index in [0.717, 1.165) is 0 Å². The SMILES string of the molecule is c1ccc(-c2cccc(-c3ccccc3)c2-c2ccc(N(c3ccc4c(c3)sc3ccccc34)c3ccccc3C3CCCCC3)cc2)cc1. The summed E-state index contributed by atoms with van der Waals surface area (Å²) in [4.78, 5) is 2.51. The normalized spacial score (nSPS) is 13.5. The van der Waals surface area contributed by atoms with Crippen LogP contribution in [0.15, 0.2) is 170 Å². The Morgan fingerprint density at radius 2 is 1.04 bits per heavy atom. The highest BCUT2D eigenvalue weighted by Gasteiger charge is 2.24. The second-order valence-corrected chi connectivity index (χ2v) is 14.6. The molecule has 9 rings (SSSR count). The molecule has 50 heavy (non-hydrogen) atoms. The van der Waals surface area contributed by atoms with Crippen molar-refractivity contribution >= 4 is 48.6 Å². The van der Waals surface area contributed by atoms with Crippen molar-refractivity contribution in [3.8, 4) is 33.4 Å². The number of hydrogen-bond acceptors (Lipinski definition) is 2. The number of fused-ring (bicyclic) bond motifs is 3. The first-order valence-electron chi connectivity index (χ1n) is 18.0. The topological polar surface area (TPSA) is 3.24 Å². The highest BCUT2D eigenvalue weighted by molar-refractivity contribution is 7.25. The molecule has 0 unspecified atom stereocenters. The summed E-state index contributed by atoms with van der Waals surface area (Å²) in [5.41, 5.74) is 12.6. The number of nitrogens with zero attached hydrogens (tertiary/aromatic N) is 1. The highest BCUT2D eigenvalue weighted by atomic mass is 32.1. The van der Waals surface area contributed by atoms with Gasteiger partial charge in [-0.2, -0.15) is 0 Å². The van der Waals surface area contributed by atoms with Crippen LogP contribution < -0.4 is 4.90 Å². The smallest absolute Gasteiger partial charge is 0.0496 e. The van der Waals surface area contributed by atoms with E-state index >= 15 is 0 Å². The van der Waals surface area contributed by atoms with E-state index < -0.39 is 0 Å². The third-order valence-corrected chi connectivity index (χ3v) is 11.6. The zero-order valence-electron chi connectivity index (χ0n) is 28.1. The molecular weight excluding hydrogens is 623 g/mol. The van der Waals surface area contributed by atoms with Crippen molar-refractivity contribution in [2.75, 3.05) is 4.90 Å². The lowest BCUT2D eigenvalue weighted by molar-refractivity contribution is 0.444. The molecule has 1 saturated carbocycles. The van der Waals surface area contributed by atoms with Gasteiger partial charge in [-0.1, -0.05) is 153 Å². The first-order chi connectivity index (χ1) is 24.8. The Morgan fingerprint density at radius 1 is 0.440 bits per heavy atom. The summed E-state index contributed by atoms with van der Waals surface area (Å²) in [7, 11) is 0. The predicted octanol–water partition coefficient (Wildman–Crippen LogP) is 14.6. The van der Waals surface area contributed by atoms with E-state index in [2.05, 4.69) is 175 Å². The van der Waals surface area contributed by atoms with Gasteiger partial charge in [-0.15, -0.1) is 11.3 Å². The molecule has 8 aromatic rings. The molecule has 1 aliphatic rings. The van der Waals surface area contributed by atoms with Crippen molar-refractivity contribution < 1.29 is 0 Å². The van der Waals surface area contributed by atoms with Crippen molar-refractivity contribution in [1.82, 2.24) is 0 Å². The zero-order valence-corrected chi connectivity index (χ0v) is 29.0. The number of para-hydroxylation sites is 1. The molecule has 1 nitrogen and oxygen atoms in total. The van der Waals surface area contributed by atoms with Gasteiger partial charge in [0.05, 0.1) is 0 Å². The van der Waals surface area contributed by atoms with Gasteiger partial charge in [0.1, 0.15) is 0 Å². The minimum absolute atomic E-state index is 0.584.